The fourth-order valence-corrected chi connectivity index (χ4v) is 1.34. The second-order valence-electron chi connectivity index (χ2n) is 2.65. The number of thiol groups is 1. The lowest BCUT2D eigenvalue weighted by atomic mass is 10.1. The van der Waals surface area contributed by atoms with Crippen LogP contribution >= 0.6 is 12.6 Å². The molecule has 0 spiro atoms. The van der Waals surface area contributed by atoms with Crippen molar-refractivity contribution >= 4 is 12.6 Å². The molecule has 6 heteroatoms. The molecule has 0 fully saturated rings. The van der Waals surface area contributed by atoms with Gasteiger partial charge < -0.3 is 4.74 Å². The van der Waals surface area contributed by atoms with Crippen LogP contribution in [0.5, 0.6) is 5.75 Å². The van der Waals surface area contributed by atoms with Gasteiger partial charge in [-0.2, -0.15) is 18.4 Å². The highest BCUT2D eigenvalue weighted by Gasteiger charge is 2.35. The largest absolute Gasteiger partial charge is 0.495 e. The smallest absolute Gasteiger partial charge is 0.420 e. The normalized spacial score (nSPS) is 10.9. The van der Waals surface area contributed by atoms with Gasteiger partial charge >= 0.3 is 6.18 Å². The van der Waals surface area contributed by atoms with E-state index in [9.17, 15) is 13.2 Å². The molecule has 80 valence electrons. The molecule has 15 heavy (non-hydrogen) atoms. The molecule has 2 nitrogen and oxygen atoms in total. The highest BCUT2D eigenvalue weighted by atomic mass is 32.1. The second-order valence-corrected chi connectivity index (χ2v) is 3.13. The van der Waals surface area contributed by atoms with Gasteiger partial charge in [0.15, 0.2) is 0 Å². The van der Waals surface area contributed by atoms with E-state index in [4.69, 9.17) is 5.26 Å². The Labute approximate surface area is 89.7 Å². The molecule has 0 heterocycles. The number of rotatable bonds is 1. The molecule has 0 aliphatic rings. The van der Waals surface area contributed by atoms with Crippen molar-refractivity contribution < 1.29 is 17.9 Å². The number of hydrogen-bond donors (Lipinski definition) is 1. The summed E-state index contributed by atoms with van der Waals surface area (Å²) in [7, 11) is 1.08. The van der Waals surface area contributed by atoms with E-state index in [0.717, 1.165) is 19.2 Å². The minimum absolute atomic E-state index is 0.155. The van der Waals surface area contributed by atoms with E-state index >= 15 is 0 Å². The maximum Gasteiger partial charge on any atom is 0.420 e. The predicted octanol–water partition coefficient (Wildman–Crippen LogP) is 2.87. The second kappa shape index (κ2) is 4.03. The van der Waals surface area contributed by atoms with E-state index in [1.54, 1.807) is 6.07 Å². The van der Waals surface area contributed by atoms with E-state index < -0.39 is 17.5 Å². The van der Waals surface area contributed by atoms with Crippen LogP contribution in [0.1, 0.15) is 11.1 Å². The molecule has 0 bridgehead atoms. The number of methoxy groups -OCH3 is 1. The first kappa shape index (κ1) is 11.7. The summed E-state index contributed by atoms with van der Waals surface area (Å²) >= 11 is 3.87. The molecular weight excluding hydrogens is 227 g/mol. The van der Waals surface area contributed by atoms with Crippen LogP contribution in [0, 0.1) is 11.3 Å². The van der Waals surface area contributed by atoms with Gasteiger partial charge in [0, 0.05) is 4.90 Å². The fraction of sp³-hybridized carbons (Fsp3) is 0.222. The Morgan fingerprint density at radius 1 is 1.40 bits per heavy atom. The van der Waals surface area contributed by atoms with Crippen molar-refractivity contribution in [3.63, 3.8) is 0 Å². The molecule has 0 N–H and O–H groups in total. The minimum Gasteiger partial charge on any atom is -0.495 e. The Kier molecular flexibility index (Phi) is 3.15. The highest BCUT2D eigenvalue weighted by Crippen LogP contribution is 2.39. The minimum atomic E-state index is -4.54. The SMILES string of the molecule is COc1c(C(F)(F)F)ccc(S)c1C#N. The van der Waals surface area contributed by atoms with Gasteiger partial charge in [-0.25, -0.2) is 0 Å². The standard InChI is InChI=1S/C9H6F3NOS/c1-14-8-5(4-13)7(15)3-2-6(8)9(10,11)12/h2-3,15H,1H3. The van der Waals surface area contributed by atoms with Crippen molar-refractivity contribution in [3.05, 3.63) is 23.3 Å². The third-order valence-electron chi connectivity index (χ3n) is 1.76. The monoisotopic (exact) mass is 233 g/mol. The molecule has 0 aliphatic carbocycles. The summed E-state index contributed by atoms with van der Waals surface area (Å²) in [6, 6.07) is 3.58. The van der Waals surface area contributed by atoms with Crippen molar-refractivity contribution in [2.45, 2.75) is 11.1 Å². The molecular formula is C9H6F3NOS. The summed E-state index contributed by atoms with van der Waals surface area (Å²) in [6.45, 7) is 0. The van der Waals surface area contributed by atoms with Crippen LogP contribution < -0.4 is 4.74 Å². The van der Waals surface area contributed by atoms with Crippen molar-refractivity contribution in [2.75, 3.05) is 7.11 Å². The first-order valence-corrected chi connectivity index (χ1v) is 4.23. The van der Waals surface area contributed by atoms with Crippen LogP contribution in [0.2, 0.25) is 0 Å². The molecule has 1 aromatic carbocycles. The number of ether oxygens (including phenoxy) is 1. The number of nitriles is 1. The van der Waals surface area contributed by atoms with Crippen molar-refractivity contribution in [1.82, 2.24) is 0 Å². The molecule has 0 amide bonds. The summed E-state index contributed by atoms with van der Waals surface area (Å²) in [5.41, 5.74) is -1.19. The summed E-state index contributed by atoms with van der Waals surface area (Å²) in [6.07, 6.45) is -4.54. The topological polar surface area (TPSA) is 33.0 Å². The van der Waals surface area contributed by atoms with Crippen molar-refractivity contribution in [3.8, 4) is 11.8 Å². The molecule has 0 radical (unpaired) electrons. The van der Waals surface area contributed by atoms with Crippen LogP contribution in [0.15, 0.2) is 17.0 Å². The number of benzene rings is 1. The zero-order chi connectivity index (χ0) is 11.6. The number of alkyl halides is 3. The average molecular weight is 233 g/mol. The van der Waals surface area contributed by atoms with Gasteiger partial charge in [-0.15, -0.1) is 12.6 Å². The molecule has 0 unspecified atom stereocenters. The van der Waals surface area contributed by atoms with Crippen LogP contribution in [0.4, 0.5) is 13.2 Å². The molecule has 0 aromatic heterocycles. The van der Waals surface area contributed by atoms with Crippen molar-refractivity contribution in [2.24, 2.45) is 0 Å². The Hall–Kier alpha value is -1.35. The maximum atomic E-state index is 12.5. The first-order chi connectivity index (χ1) is 6.91. The van der Waals surface area contributed by atoms with Gasteiger partial charge in [0.2, 0.25) is 0 Å². The lowest BCUT2D eigenvalue weighted by molar-refractivity contribution is -0.138. The molecule has 0 atom stereocenters. The van der Waals surface area contributed by atoms with Gasteiger partial charge in [-0.3, -0.25) is 0 Å². The highest BCUT2D eigenvalue weighted by molar-refractivity contribution is 7.80. The van der Waals surface area contributed by atoms with Gasteiger partial charge in [0.05, 0.1) is 12.7 Å². The lowest BCUT2D eigenvalue weighted by Gasteiger charge is -2.13. The summed E-state index contributed by atoms with van der Waals surface area (Å²) in [5, 5.41) is 8.67. The van der Waals surface area contributed by atoms with Crippen molar-refractivity contribution in [1.29, 1.82) is 5.26 Å². The summed E-state index contributed by atoms with van der Waals surface area (Å²) in [5.74, 6) is -0.488. The Balaban J connectivity index is 3.51. The van der Waals surface area contributed by atoms with Gasteiger partial charge in [0.1, 0.15) is 17.4 Å². The van der Waals surface area contributed by atoms with Crippen LogP contribution in [0.3, 0.4) is 0 Å². The zero-order valence-electron chi connectivity index (χ0n) is 7.59. The van der Waals surface area contributed by atoms with Gasteiger partial charge in [-0.05, 0) is 12.1 Å². The van der Waals surface area contributed by atoms with E-state index in [1.165, 1.54) is 0 Å². The third-order valence-corrected chi connectivity index (χ3v) is 2.13. The van der Waals surface area contributed by atoms with Gasteiger partial charge in [-0.1, -0.05) is 0 Å². The third kappa shape index (κ3) is 2.18. The van der Waals surface area contributed by atoms with Gasteiger partial charge in [0.25, 0.3) is 0 Å². The number of nitrogens with zero attached hydrogens (tertiary/aromatic N) is 1. The van der Waals surface area contributed by atoms with Crippen LogP contribution in [0.25, 0.3) is 0 Å². The van der Waals surface area contributed by atoms with E-state index in [-0.39, 0.29) is 10.5 Å². The first-order valence-electron chi connectivity index (χ1n) is 3.79. The zero-order valence-corrected chi connectivity index (χ0v) is 8.49. The van der Waals surface area contributed by atoms with Crippen LogP contribution in [-0.4, -0.2) is 7.11 Å². The Morgan fingerprint density at radius 2 is 2.00 bits per heavy atom. The molecule has 0 saturated carbocycles. The predicted molar refractivity (Wildman–Crippen MR) is 50.0 cm³/mol. The lowest BCUT2D eigenvalue weighted by Crippen LogP contribution is -2.08. The summed E-state index contributed by atoms with van der Waals surface area (Å²) < 4.78 is 42.0. The summed E-state index contributed by atoms with van der Waals surface area (Å²) in [4.78, 5) is 0.155. The molecule has 0 saturated heterocycles. The fourth-order valence-electron chi connectivity index (χ4n) is 1.12. The van der Waals surface area contributed by atoms with E-state index in [2.05, 4.69) is 17.4 Å². The Morgan fingerprint density at radius 3 is 2.40 bits per heavy atom. The average Bonchev–Trinajstić information content (AvgIpc) is 2.15. The molecule has 0 aliphatic heterocycles. The van der Waals surface area contributed by atoms with E-state index in [0.29, 0.717) is 0 Å². The molecule has 1 rings (SSSR count). The molecule has 1 aromatic rings. The van der Waals surface area contributed by atoms with Crippen LogP contribution in [-0.2, 0) is 6.18 Å². The Bertz CT molecular complexity index is 423. The number of halogens is 3. The quantitative estimate of drug-likeness (QED) is 0.756. The van der Waals surface area contributed by atoms with E-state index in [1.807, 2.05) is 0 Å². The number of hydrogen-bond acceptors (Lipinski definition) is 3. The maximum absolute atomic E-state index is 12.5.